The van der Waals surface area contributed by atoms with Crippen molar-refractivity contribution in [1.82, 2.24) is 5.32 Å². The number of carbonyl (C=O) groups is 2. The number of alkyl carbamates (subject to hydrolysis) is 1. The van der Waals surface area contributed by atoms with Crippen molar-refractivity contribution in [1.29, 1.82) is 0 Å². The summed E-state index contributed by atoms with van der Waals surface area (Å²) in [5.41, 5.74) is 1.68. The molecule has 3 rings (SSSR count). The summed E-state index contributed by atoms with van der Waals surface area (Å²) in [5.74, 6) is 1.58. The third-order valence-corrected chi connectivity index (χ3v) is 5.41. The Hall–Kier alpha value is -4.08. The average Bonchev–Trinajstić information content (AvgIpc) is 3.33. The van der Waals surface area contributed by atoms with Gasteiger partial charge in [0.2, 0.25) is 12.5 Å². The van der Waals surface area contributed by atoms with E-state index in [1.54, 1.807) is 45.1 Å². The van der Waals surface area contributed by atoms with Crippen molar-refractivity contribution in [2.75, 3.05) is 41.8 Å². The molecule has 1 aliphatic heterocycles. The van der Waals surface area contributed by atoms with Crippen molar-refractivity contribution >= 4 is 24.2 Å². The van der Waals surface area contributed by atoms with Crippen molar-refractivity contribution in [3.63, 3.8) is 0 Å². The topological polar surface area (TPSA) is 111 Å². The highest BCUT2D eigenvalue weighted by molar-refractivity contribution is 5.99. The number of amides is 1. The van der Waals surface area contributed by atoms with Crippen LogP contribution in [-0.4, -0.2) is 59.4 Å². The van der Waals surface area contributed by atoms with Crippen molar-refractivity contribution in [2.24, 2.45) is 0 Å². The van der Waals surface area contributed by atoms with Crippen LogP contribution in [0.15, 0.2) is 18.2 Å². The molecule has 1 N–H and O–H groups in total. The van der Waals surface area contributed by atoms with E-state index in [0.29, 0.717) is 47.1 Å². The summed E-state index contributed by atoms with van der Waals surface area (Å²) in [7, 11) is 5.77. The number of carbonyl (C=O) groups excluding carboxylic acids is 2. The molecule has 0 bridgehead atoms. The zero-order valence-electron chi connectivity index (χ0n) is 22.2. The van der Waals surface area contributed by atoms with E-state index in [4.69, 9.17) is 33.2 Å². The number of benzene rings is 2. The van der Waals surface area contributed by atoms with Gasteiger partial charge in [-0.3, -0.25) is 0 Å². The first kappa shape index (κ1) is 27.5. The fraction of sp³-hybridized carbons (Fsp3) is 0.407. The van der Waals surface area contributed by atoms with Gasteiger partial charge < -0.3 is 38.5 Å². The molecule has 0 spiro atoms. The lowest BCUT2D eigenvalue weighted by atomic mass is 9.99. The normalized spacial score (nSPS) is 12.3. The van der Waals surface area contributed by atoms with Crippen LogP contribution in [0.3, 0.4) is 0 Å². The van der Waals surface area contributed by atoms with Crippen LogP contribution in [0, 0.1) is 0 Å². The Morgan fingerprint density at radius 3 is 2.35 bits per heavy atom. The lowest BCUT2D eigenvalue weighted by molar-refractivity contribution is 0.0527. The highest BCUT2D eigenvalue weighted by Gasteiger charge is 2.25. The van der Waals surface area contributed by atoms with E-state index >= 15 is 0 Å². The largest absolute Gasteiger partial charge is 0.493 e. The molecule has 0 fully saturated rings. The smallest absolute Gasteiger partial charge is 0.407 e. The van der Waals surface area contributed by atoms with Crippen LogP contribution >= 0.6 is 0 Å². The van der Waals surface area contributed by atoms with Crippen LogP contribution in [0.5, 0.6) is 28.7 Å². The summed E-state index contributed by atoms with van der Waals surface area (Å²) in [4.78, 5) is 24.8. The Balaban J connectivity index is 2.01. The molecule has 2 aromatic carbocycles. The van der Waals surface area contributed by atoms with Gasteiger partial charge in [-0.1, -0.05) is 18.2 Å². The molecule has 0 saturated carbocycles. The summed E-state index contributed by atoms with van der Waals surface area (Å²) in [5, 5.41) is 2.76. The number of methoxy groups -OCH3 is 4. The summed E-state index contributed by atoms with van der Waals surface area (Å²) >= 11 is 0. The van der Waals surface area contributed by atoms with Crippen molar-refractivity contribution in [3.05, 3.63) is 40.5 Å². The lowest BCUT2D eigenvalue weighted by Crippen LogP contribution is -2.33. The van der Waals surface area contributed by atoms with E-state index in [1.807, 2.05) is 6.07 Å². The summed E-state index contributed by atoms with van der Waals surface area (Å²) in [6.07, 6.45) is 3.49. The second kappa shape index (κ2) is 11.8. The fourth-order valence-electron chi connectivity index (χ4n) is 3.85. The van der Waals surface area contributed by atoms with E-state index < -0.39 is 17.7 Å². The monoisotopic (exact) mass is 515 g/mol. The first-order valence-electron chi connectivity index (χ1n) is 11.6. The maximum Gasteiger partial charge on any atom is 0.407 e. The first-order valence-corrected chi connectivity index (χ1v) is 11.6. The molecule has 1 heterocycles. The zero-order chi connectivity index (χ0) is 27.2. The molecule has 0 aliphatic carbocycles. The Labute approximate surface area is 216 Å². The van der Waals surface area contributed by atoms with Gasteiger partial charge in [-0.2, -0.15) is 0 Å². The van der Waals surface area contributed by atoms with Gasteiger partial charge >= 0.3 is 12.1 Å². The van der Waals surface area contributed by atoms with Gasteiger partial charge in [0, 0.05) is 12.1 Å². The van der Waals surface area contributed by atoms with E-state index in [0.717, 1.165) is 5.56 Å². The predicted octanol–water partition coefficient (Wildman–Crippen LogP) is 4.47. The number of esters is 1. The van der Waals surface area contributed by atoms with Crippen LogP contribution in [0.2, 0.25) is 0 Å². The van der Waals surface area contributed by atoms with E-state index in [9.17, 15) is 9.59 Å². The van der Waals surface area contributed by atoms with E-state index in [-0.39, 0.29) is 18.1 Å². The molecule has 10 nitrogen and oxygen atoms in total. The Morgan fingerprint density at radius 2 is 1.73 bits per heavy atom. The molecule has 1 aliphatic rings. The molecule has 10 heteroatoms. The lowest BCUT2D eigenvalue weighted by Gasteiger charge is -2.20. The maximum atomic E-state index is 12.6. The Kier molecular flexibility index (Phi) is 8.75. The summed E-state index contributed by atoms with van der Waals surface area (Å²) in [6.45, 7) is 5.78. The molecular weight excluding hydrogens is 482 g/mol. The summed E-state index contributed by atoms with van der Waals surface area (Å²) < 4.78 is 38.0. The molecule has 0 saturated heterocycles. The van der Waals surface area contributed by atoms with Gasteiger partial charge in [0.1, 0.15) is 11.2 Å². The second-order valence-electron chi connectivity index (χ2n) is 8.99. The maximum absolute atomic E-state index is 12.6. The molecule has 1 amide bonds. The molecule has 2 aromatic rings. The standard InChI is InChI=1S/C27H33NO9/c1-27(2,3)37-26(30)28-13-12-17-14-20-24(36-15-35-20)22(32-5)18(17)10-8-16-9-11-19(31-4)23(33-6)21(16)25(29)34-7/h8-11,14H,12-13,15H2,1-7H3,(H,28,30)/b10-8+. The van der Waals surface area contributed by atoms with Gasteiger partial charge in [-0.15, -0.1) is 0 Å². The number of rotatable bonds is 9. The number of fused-ring (bicyclic) bond motifs is 1. The fourth-order valence-corrected chi connectivity index (χ4v) is 3.85. The summed E-state index contributed by atoms with van der Waals surface area (Å²) in [6, 6.07) is 5.28. The zero-order valence-corrected chi connectivity index (χ0v) is 22.2. The Morgan fingerprint density at radius 1 is 1.00 bits per heavy atom. The number of hydrogen-bond acceptors (Lipinski definition) is 9. The van der Waals surface area contributed by atoms with Crippen LogP contribution in [0.1, 0.15) is 47.8 Å². The molecule has 200 valence electrons. The van der Waals surface area contributed by atoms with Gasteiger partial charge in [0.05, 0.1) is 28.4 Å². The minimum absolute atomic E-state index is 0.0661. The second-order valence-corrected chi connectivity index (χ2v) is 8.99. The Bertz CT molecular complexity index is 1180. The predicted molar refractivity (Wildman–Crippen MR) is 137 cm³/mol. The van der Waals surface area contributed by atoms with Gasteiger partial charge in [-0.25, -0.2) is 9.59 Å². The molecule has 37 heavy (non-hydrogen) atoms. The highest BCUT2D eigenvalue weighted by atomic mass is 16.7. The van der Waals surface area contributed by atoms with Crippen LogP contribution < -0.4 is 29.0 Å². The number of ether oxygens (including phenoxy) is 7. The van der Waals surface area contributed by atoms with Gasteiger partial charge in [0.15, 0.2) is 23.0 Å². The average molecular weight is 516 g/mol. The van der Waals surface area contributed by atoms with Crippen molar-refractivity contribution in [3.8, 4) is 28.7 Å². The minimum atomic E-state index is -0.600. The van der Waals surface area contributed by atoms with Crippen LogP contribution in [-0.2, 0) is 15.9 Å². The van der Waals surface area contributed by atoms with E-state index in [1.165, 1.54) is 28.4 Å². The van der Waals surface area contributed by atoms with Crippen LogP contribution in [0.25, 0.3) is 12.2 Å². The molecular formula is C27H33NO9. The number of hydrogen-bond donors (Lipinski definition) is 1. The van der Waals surface area contributed by atoms with Crippen LogP contribution in [0.4, 0.5) is 4.79 Å². The van der Waals surface area contributed by atoms with E-state index in [2.05, 4.69) is 5.32 Å². The van der Waals surface area contributed by atoms with Crippen molar-refractivity contribution in [2.45, 2.75) is 32.8 Å². The molecule has 0 aromatic heterocycles. The third-order valence-electron chi connectivity index (χ3n) is 5.41. The number of nitrogens with one attached hydrogen (secondary N) is 1. The molecule has 0 radical (unpaired) electrons. The van der Waals surface area contributed by atoms with Gasteiger partial charge in [0.25, 0.3) is 0 Å². The minimum Gasteiger partial charge on any atom is -0.493 e. The van der Waals surface area contributed by atoms with Gasteiger partial charge in [-0.05, 0) is 50.5 Å². The molecule has 0 unspecified atom stereocenters. The quantitative estimate of drug-likeness (QED) is 0.382. The first-order chi connectivity index (χ1) is 17.6. The third kappa shape index (κ3) is 6.38. The molecule has 0 atom stereocenters. The highest BCUT2D eigenvalue weighted by Crippen LogP contribution is 2.46. The van der Waals surface area contributed by atoms with Crippen molar-refractivity contribution < 1.29 is 42.7 Å². The SMILES string of the molecule is COC(=O)c1c(/C=C/c2c(CCNC(=O)OC(C)(C)C)cc3c(c2OC)OCO3)ccc(OC)c1OC.